The summed E-state index contributed by atoms with van der Waals surface area (Å²) in [7, 11) is 0. The fraction of sp³-hybridized carbons (Fsp3) is 0.727. The van der Waals surface area contributed by atoms with Gasteiger partial charge in [0.2, 0.25) is 0 Å². The Balaban J connectivity index is 2.38. The van der Waals surface area contributed by atoms with Gasteiger partial charge in [-0.2, -0.15) is 0 Å². The number of hydrogen-bond acceptors (Lipinski definition) is 2. The summed E-state index contributed by atoms with van der Waals surface area (Å²) in [5.74, 6) is -0.721. The Morgan fingerprint density at radius 3 is 2.93 bits per heavy atom. The number of allylic oxidation sites excluding steroid dienone is 1. The van der Waals surface area contributed by atoms with Crippen molar-refractivity contribution in [2.75, 3.05) is 0 Å². The molecule has 1 aliphatic carbocycles. The highest BCUT2D eigenvalue weighted by Crippen LogP contribution is 2.12. The molecule has 3 nitrogen and oxygen atoms in total. The van der Waals surface area contributed by atoms with Crippen molar-refractivity contribution in [3.63, 3.8) is 0 Å². The van der Waals surface area contributed by atoms with E-state index >= 15 is 0 Å². The number of carbonyl (C=O) groups is 1. The van der Waals surface area contributed by atoms with Crippen LogP contribution in [0, 0.1) is 0 Å². The van der Waals surface area contributed by atoms with E-state index in [4.69, 9.17) is 5.11 Å². The van der Waals surface area contributed by atoms with Crippen LogP contribution in [-0.2, 0) is 4.79 Å². The molecule has 0 radical (unpaired) electrons. The highest BCUT2D eigenvalue weighted by Gasteiger charge is 2.20. The predicted molar refractivity (Wildman–Crippen MR) is 56.2 cm³/mol. The van der Waals surface area contributed by atoms with Gasteiger partial charge in [-0.1, -0.05) is 25.5 Å². The third-order valence-corrected chi connectivity index (χ3v) is 2.58. The maximum Gasteiger partial charge on any atom is 0.320 e. The van der Waals surface area contributed by atoms with Crippen molar-refractivity contribution in [2.45, 2.75) is 51.1 Å². The predicted octanol–water partition coefficient (Wildman–Crippen LogP) is 1.94. The van der Waals surface area contributed by atoms with Crippen molar-refractivity contribution >= 4 is 5.97 Å². The van der Waals surface area contributed by atoms with Crippen LogP contribution in [0.1, 0.15) is 39.0 Å². The standard InChI is InChI=1S/C11H19NO2/c1-2-6-10(11(13)14)12-9-7-4-3-5-8-9/h3-4,9-10,12H,2,5-8H2,1H3,(H,13,14). The minimum atomic E-state index is -0.721. The SMILES string of the molecule is CCCC(NC1CC=CCC1)C(=O)O. The normalized spacial score (nSPS) is 23.4. The molecule has 2 N–H and O–H groups in total. The van der Waals surface area contributed by atoms with Gasteiger partial charge in [-0.3, -0.25) is 4.79 Å². The number of aliphatic carboxylic acids is 1. The first-order valence-corrected chi connectivity index (χ1v) is 5.38. The van der Waals surface area contributed by atoms with Gasteiger partial charge in [0.05, 0.1) is 0 Å². The van der Waals surface area contributed by atoms with Crippen molar-refractivity contribution < 1.29 is 9.90 Å². The quantitative estimate of drug-likeness (QED) is 0.662. The minimum Gasteiger partial charge on any atom is -0.480 e. The third-order valence-electron chi connectivity index (χ3n) is 2.58. The van der Waals surface area contributed by atoms with Gasteiger partial charge in [0.15, 0.2) is 0 Å². The second-order valence-corrected chi connectivity index (χ2v) is 3.83. The molecule has 14 heavy (non-hydrogen) atoms. The summed E-state index contributed by atoms with van der Waals surface area (Å²) in [6.45, 7) is 2.01. The summed E-state index contributed by atoms with van der Waals surface area (Å²) in [4.78, 5) is 10.9. The summed E-state index contributed by atoms with van der Waals surface area (Å²) in [5.41, 5.74) is 0. The zero-order chi connectivity index (χ0) is 10.4. The highest BCUT2D eigenvalue weighted by molar-refractivity contribution is 5.73. The fourth-order valence-electron chi connectivity index (χ4n) is 1.80. The second-order valence-electron chi connectivity index (χ2n) is 3.83. The van der Waals surface area contributed by atoms with Crippen molar-refractivity contribution in [3.8, 4) is 0 Å². The van der Waals surface area contributed by atoms with Crippen LogP contribution in [0.15, 0.2) is 12.2 Å². The smallest absolute Gasteiger partial charge is 0.320 e. The first kappa shape index (κ1) is 11.2. The molecule has 3 heteroatoms. The molecule has 80 valence electrons. The summed E-state index contributed by atoms with van der Waals surface area (Å²) in [6, 6.07) is -0.0100. The molecule has 1 rings (SSSR count). The molecule has 0 saturated heterocycles. The lowest BCUT2D eigenvalue weighted by atomic mass is 10.00. The Labute approximate surface area is 85.2 Å². The zero-order valence-electron chi connectivity index (χ0n) is 8.70. The second kappa shape index (κ2) is 5.81. The van der Waals surface area contributed by atoms with E-state index in [1.54, 1.807) is 0 Å². The molecule has 0 heterocycles. The Kier molecular flexibility index (Phi) is 4.66. The molecule has 0 aromatic heterocycles. The van der Waals surface area contributed by atoms with E-state index in [2.05, 4.69) is 17.5 Å². The molecule has 2 unspecified atom stereocenters. The van der Waals surface area contributed by atoms with Gasteiger partial charge in [-0.15, -0.1) is 0 Å². The third kappa shape index (κ3) is 3.50. The number of rotatable bonds is 5. The number of carboxylic acid groups (broad SMARTS) is 1. The Morgan fingerprint density at radius 2 is 2.43 bits per heavy atom. The Morgan fingerprint density at radius 1 is 1.64 bits per heavy atom. The van der Waals surface area contributed by atoms with Crippen LogP contribution in [0.5, 0.6) is 0 Å². The maximum absolute atomic E-state index is 10.9. The Hall–Kier alpha value is -0.830. The first-order chi connectivity index (χ1) is 6.74. The molecule has 0 amide bonds. The van der Waals surface area contributed by atoms with E-state index in [0.717, 1.165) is 32.1 Å². The molecular weight excluding hydrogens is 178 g/mol. The molecule has 0 aliphatic heterocycles. The molecular formula is C11H19NO2. The van der Waals surface area contributed by atoms with Crippen molar-refractivity contribution in [1.82, 2.24) is 5.32 Å². The van der Waals surface area contributed by atoms with Crippen LogP contribution in [-0.4, -0.2) is 23.2 Å². The van der Waals surface area contributed by atoms with Gasteiger partial charge in [0.1, 0.15) is 6.04 Å². The molecule has 0 saturated carbocycles. The van der Waals surface area contributed by atoms with Crippen molar-refractivity contribution in [3.05, 3.63) is 12.2 Å². The zero-order valence-corrected chi connectivity index (χ0v) is 8.70. The summed E-state index contributed by atoms with van der Waals surface area (Å²) in [6.07, 6.45) is 9.01. The van der Waals surface area contributed by atoms with Crippen molar-refractivity contribution in [2.24, 2.45) is 0 Å². The van der Waals surface area contributed by atoms with Crippen LogP contribution in [0.3, 0.4) is 0 Å². The molecule has 0 fully saturated rings. The largest absolute Gasteiger partial charge is 0.480 e. The number of nitrogens with one attached hydrogen (secondary N) is 1. The first-order valence-electron chi connectivity index (χ1n) is 5.38. The summed E-state index contributed by atoms with van der Waals surface area (Å²) in [5, 5.41) is 12.2. The van der Waals surface area contributed by atoms with Gasteiger partial charge in [-0.25, -0.2) is 0 Å². The van der Waals surface area contributed by atoms with Gasteiger partial charge in [0.25, 0.3) is 0 Å². The van der Waals surface area contributed by atoms with Gasteiger partial charge >= 0.3 is 5.97 Å². The monoisotopic (exact) mass is 197 g/mol. The molecule has 2 atom stereocenters. The van der Waals surface area contributed by atoms with Gasteiger partial charge in [0, 0.05) is 6.04 Å². The summed E-state index contributed by atoms with van der Waals surface area (Å²) < 4.78 is 0. The van der Waals surface area contributed by atoms with Crippen molar-refractivity contribution in [1.29, 1.82) is 0 Å². The lowest BCUT2D eigenvalue weighted by molar-refractivity contribution is -0.139. The number of hydrogen-bond donors (Lipinski definition) is 2. The van der Waals surface area contributed by atoms with Gasteiger partial charge in [-0.05, 0) is 25.7 Å². The van der Waals surface area contributed by atoms with E-state index in [1.807, 2.05) is 6.92 Å². The molecule has 0 aromatic rings. The van der Waals surface area contributed by atoms with E-state index in [9.17, 15) is 4.79 Å². The molecule has 0 bridgehead atoms. The van der Waals surface area contributed by atoms with E-state index < -0.39 is 5.97 Å². The van der Waals surface area contributed by atoms with Crippen LogP contribution < -0.4 is 5.32 Å². The molecule has 1 aliphatic rings. The van der Waals surface area contributed by atoms with Crippen LogP contribution in [0.2, 0.25) is 0 Å². The van der Waals surface area contributed by atoms with Crippen LogP contribution in [0.25, 0.3) is 0 Å². The maximum atomic E-state index is 10.9. The van der Waals surface area contributed by atoms with Crippen LogP contribution in [0.4, 0.5) is 0 Å². The van der Waals surface area contributed by atoms with E-state index in [-0.39, 0.29) is 6.04 Å². The van der Waals surface area contributed by atoms with E-state index in [1.165, 1.54) is 0 Å². The number of carboxylic acids is 1. The fourth-order valence-corrected chi connectivity index (χ4v) is 1.80. The van der Waals surface area contributed by atoms with Gasteiger partial charge < -0.3 is 10.4 Å². The summed E-state index contributed by atoms with van der Waals surface area (Å²) >= 11 is 0. The topological polar surface area (TPSA) is 49.3 Å². The minimum absolute atomic E-state index is 0.354. The lowest BCUT2D eigenvalue weighted by Gasteiger charge is -2.23. The average Bonchev–Trinajstić information content (AvgIpc) is 2.18. The molecule has 0 aromatic carbocycles. The Bertz CT molecular complexity index is 213. The molecule has 0 spiro atoms. The van der Waals surface area contributed by atoms with E-state index in [0.29, 0.717) is 6.04 Å². The highest BCUT2D eigenvalue weighted by atomic mass is 16.4. The van der Waals surface area contributed by atoms with Crippen LogP contribution >= 0.6 is 0 Å². The average molecular weight is 197 g/mol. The lowest BCUT2D eigenvalue weighted by Crippen LogP contribution is -2.43.